The summed E-state index contributed by atoms with van der Waals surface area (Å²) in [5, 5.41) is 9.63. The molecule has 2 heteroatoms. The van der Waals surface area contributed by atoms with Gasteiger partial charge < -0.3 is 5.11 Å². The molecule has 1 aromatic carbocycles. The highest BCUT2D eigenvalue weighted by atomic mass is 16.4. The number of hydrogen-bond acceptors (Lipinski definition) is 1. The van der Waals surface area contributed by atoms with Crippen molar-refractivity contribution in [3.8, 4) is 0 Å². The number of hydrogen-bond donors (Lipinski definition) is 1. The van der Waals surface area contributed by atoms with Gasteiger partial charge in [-0.05, 0) is 37.7 Å². The lowest BCUT2D eigenvalue weighted by atomic mass is 9.76. The Balaban J connectivity index is 1.82. The summed E-state index contributed by atoms with van der Waals surface area (Å²) in [5.41, 5.74) is 0.936. The molecule has 0 bridgehead atoms. The average molecular weight is 274 g/mol. The Hall–Kier alpha value is -1.31. The Kier molecular flexibility index (Phi) is 5.63. The van der Waals surface area contributed by atoms with Crippen LogP contribution in [0.4, 0.5) is 0 Å². The first kappa shape index (κ1) is 15.1. The fourth-order valence-electron chi connectivity index (χ4n) is 3.41. The molecule has 2 rings (SSSR count). The van der Waals surface area contributed by atoms with Crippen LogP contribution < -0.4 is 0 Å². The van der Waals surface area contributed by atoms with Crippen LogP contribution >= 0.6 is 0 Å². The standard InChI is InChI=1S/C18H26O2/c19-17(20)18(13-7-1-2-8-14-18)15-9-6-12-16-10-4-3-5-11-16/h3-5,10-11H,1-2,6-9,12-15H2,(H,19,20). The second kappa shape index (κ2) is 7.47. The lowest BCUT2D eigenvalue weighted by Crippen LogP contribution is -2.30. The zero-order valence-electron chi connectivity index (χ0n) is 12.3. The topological polar surface area (TPSA) is 37.3 Å². The summed E-state index contributed by atoms with van der Waals surface area (Å²) in [6, 6.07) is 10.5. The number of rotatable bonds is 6. The van der Waals surface area contributed by atoms with E-state index in [1.54, 1.807) is 0 Å². The van der Waals surface area contributed by atoms with E-state index in [1.807, 2.05) is 6.07 Å². The van der Waals surface area contributed by atoms with E-state index in [0.717, 1.165) is 51.4 Å². The minimum absolute atomic E-state index is 0.423. The third-order valence-electron chi connectivity index (χ3n) is 4.73. The number of benzene rings is 1. The molecule has 1 aliphatic carbocycles. The first-order chi connectivity index (χ1) is 9.73. The Morgan fingerprint density at radius 1 is 1.00 bits per heavy atom. The summed E-state index contributed by atoms with van der Waals surface area (Å²) in [7, 11) is 0. The normalized spacial score (nSPS) is 18.4. The summed E-state index contributed by atoms with van der Waals surface area (Å²) >= 11 is 0. The molecule has 1 aromatic rings. The Morgan fingerprint density at radius 2 is 1.65 bits per heavy atom. The van der Waals surface area contributed by atoms with Crippen LogP contribution in [-0.2, 0) is 11.2 Å². The van der Waals surface area contributed by atoms with E-state index in [4.69, 9.17) is 0 Å². The number of aliphatic carboxylic acids is 1. The highest BCUT2D eigenvalue weighted by molar-refractivity contribution is 5.74. The molecule has 0 heterocycles. The first-order valence-electron chi connectivity index (χ1n) is 8.00. The SMILES string of the molecule is O=C(O)C1(CCCCc2ccccc2)CCCCCC1. The predicted molar refractivity (Wildman–Crippen MR) is 81.8 cm³/mol. The van der Waals surface area contributed by atoms with Gasteiger partial charge in [0.25, 0.3) is 0 Å². The largest absolute Gasteiger partial charge is 0.481 e. The highest BCUT2D eigenvalue weighted by Gasteiger charge is 2.37. The van der Waals surface area contributed by atoms with E-state index in [-0.39, 0.29) is 0 Å². The van der Waals surface area contributed by atoms with E-state index < -0.39 is 11.4 Å². The molecule has 0 aromatic heterocycles. The average Bonchev–Trinajstić information content (AvgIpc) is 2.71. The lowest BCUT2D eigenvalue weighted by Gasteiger charge is -2.28. The van der Waals surface area contributed by atoms with Gasteiger partial charge in [-0.25, -0.2) is 0 Å². The third-order valence-corrected chi connectivity index (χ3v) is 4.73. The van der Waals surface area contributed by atoms with Gasteiger partial charge in [0.15, 0.2) is 0 Å². The number of unbranched alkanes of at least 4 members (excludes halogenated alkanes) is 1. The maximum Gasteiger partial charge on any atom is 0.309 e. The second-order valence-electron chi connectivity index (χ2n) is 6.19. The quantitative estimate of drug-likeness (QED) is 0.596. The molecule has 1 N–H and O–H groups in total. The molecule has 0 radical (unpaired) electrons. The number of carboxylic acids is 1. The Bertz CT molecular complexity index is 403. The molecule has 110 valence electrons. The van der Waals surface area contributed by atoms with Crippen molar-refractivity contribution in [2.45, 2.75) is 64.2 Å². The van der Waals surface area contributed by atoms with E-state index in [1.165, 1.54) is 18.4 Å². The van der Waals surface area contributed by atoms with Crippen LogP contribution in [0.15, 0.2) is 30.3 Å². The predicted octanol–water partition coefficient (Wildman–Crippen LogP) is 4.82. The third kappa shape index (κ3) is 4.09. The molecule has 0 aliphatic heterocycles. The molecule has 0 unspecified atom stereocenters. The zero-order chi connectivity index (χ0) is 14.3. The number of carboxylic acid groups (broad SMARTS) is 1. The van der Waals surface area contributed by atoms with Crippen molar-refractivity contribution in [1.29, 1.82) is 0 Å². The van der Waals surface area contributed by atoms with Crippen molar-refractivity contribution < 1.29 is 9.90 Å². The fraction of sp³-hybridized carbons (Fsp3) is 0.611. The number of aryl methyl sites for hydroxylation is 1. The van der Waals surface area contributed by atoms with Crippen molar-refractivity contribution in [3.63, 3.8) is 0 Å². The smallest absolute Gasteiger partial charge is 0.309 e. The maximum atomic E-state index is 11.7. The van der Waals surface area contributed by atoms with E-state index in [0.29, 0.717) is 0 Å². The monoisotopic (exact) mass is 274 g/mol. The van der Waals surface area contributed by atoms with Gasteiger partial charge >= 0.3 is 5.97 Å². The molecule has 1 fully saturated rings. The van der Waals surface area contributed by atoms with E-state index in [2.05, 4.69) is 24.3 Å². The Morgan fingerprint density at radius 3 is 2.25 bits per heavy atom. The van der Waals surface area contributed by atoms with Crippen molar-refractivity contribution >= 4 is 5.97 Å². The van der Waals surface area contributed by atoms with Crippen molar-refractivity contribution in [2.75, 3.05) is 0 Å². The van der Waals surface area contributed by atoms with Crippen LogP contribution in [0.25, 0.3) is 0 Å². The maximum absolute atomic E-state index is 11.7. The molecular formula is C18H26O2. The first-order valence-corrected chi connectivity index (χ1v) is 8.00. The van der Waals surface area contributed by atoms with Gasteiger partial charge in [0.2, 0.25) is 0 Å². The van der Waals surface area contributed by atoms with Gasteiger partial charge in [0, 0.05) is 0 Å². The van der Waals surface area contributed by atoms with Crippen LogP contribution in [0.2, 0.25) is 0 Å². The van der Waals surface area contributed by atoms with Crippen molar-refractivity contribution in [2.24, 2.45) is 5.41 Å². The van der Waals surface area contributed by atoms with Crippen molar-refractivity contribution in [1.82, 2.24) is 0 Å². The van der Waals surface area contributed by atoms with Gasteiger partial charge in [0.05, 0.1) is 5.41 Å². The molecule has 2 nitrogen and oxygen atoms in total. The summed E-state index contributed by atoms with van der Waals surface area (Å²) in [6.45, 7) is 0. The van der Waals surface area contributed by atoms with Gasteiger partial charge in [-0.1, -0.05) is 62.4 Å². The van der Waals surface area contributed by atoms with Gasteiger partial charge in [0.1, 0.15) is 0 Å². The zero-order valence-corrected chi connectivity index (χ0v) is 12.3. The lowest BCUT2D eigenvalue weighted by molar-refractivity contribution is -0.150. The van der Waals surface area contributed by atoms with Gasteiger partial charge in [-0.15, -0.1) is 0 Å². The summed E-state index contributed by atoms with van der Waals surface area (Å²) in [4.78, 5) is 11.7. The fourth-order valence-corrected chi connectivity index (χ4v) is 3.41. The molecule has 1 saturated carbocycles. The highest BCUT2D eigenvalue weighted by Crippen LogP contribution is 2.39. The number of carbonyl (C=O) groups is 1. The van der Waals surface area contributed by atoms with Crippen molar-refractivity contribution in [3.05, 3.63) is 35.9 Å². The van der Waals surface area contributed by atoms with Crippen LogP contribution in [0.5, 0.6) is 0 Å². The molecule has 0 spiro atoms. The minimum Gasteiger partial charge on any atom is -0.481 e. The van der Waals surface area contributed by atoms with E-state index in [9.17, 15) is 9.90 Å². The second-order valence-corrected chi connectivity index (χ2v) is 6.19. The Labute approximate surface area is 122 Å². The summed E-state index contributed by atoms with van der Waals surface area (Å²) < 4.78 is 0. The molecular weight excluding hydrogens is 248 g/mol. The molecule has 20 heavy (non-hydrogen) atoms. The van der Waals surface area contributed by atoms with Crippen LogP contribution in [0.1, 0.15) is 63.4 Å². The molecule has 0 atom stereocenters. The van der Waals surface area contributed by atoms with Crippen LogP contribution in [0.3, 0.4) is 0 Å². The van der Waals surface area contributed by atoms with E-state index >= 15 is 0 Å². The van der Waals surface area contributed by atoms with Gasteiger partial charge in [-0.3, -0.25) is 4.79 Å². The van der Waals surface area contributed by atoms with Crippen LogP contribution in [-0.4, -0.2) is 11.1 Å². The minimum atomic E-state index is -0.556. The van der Waals surface area contributed by atoms with Gasteiger partial charge in [-0.2, -0.15) is 0 Å². The summed E-state index contributed by atoms with van der Waals surface area (Å²) in [6.07, 6.45) is 10.4. The molecule has 1 aliphatic rings. The van der Waals surface area contributed by atoms with Crippen LogP contribution in [0, 0.1) is 5.41 Å². The molecule has 0 saturated heterocycles. The summed E-state index contributed by atoms with van der Waals surface area (Å²) in [5.74, 6) is -0.556. The molecule has 0 amide bonds.